The van der Waals surface area contributed by atoms with Crippen LogP contribution in [0.1, 0.15) is 36.6 Å². The predicted molar refractivity (Wildman–Crippen MR) is 79.9 cm³/mol. The van der Waals surface area contributed by atoms with Gasteiger partial charge in [-0.1, -0.05) is 0 Å². The molecular weight excluding hydrogens is 266 g/mol. The monoisotopic (exact) mass is 287 g/mol. The first kappa shape index (κ1) is 14.0. The van der Waals surface area contributed by atoms with Crippen LogP contribution in [0, 0.1) is 6.92 Å². The summed E-state index contributed by atoms with van der Waals surface area (Å²) >= 11 is 0. The third-order valence-electron chi connectivity index (χ3n) is 4.07. The molecule has 6 nitrogen and oxygen atoms in total. The van der Waals surface area contributed by atoms with Gasteiger partial charge >= 0.3 is 0 Å². The Balaban J connectivity index is 1.72. The van der Waals surface area contributed by atoms with Gasteiger partial charge in [0, 0.05) is 43.2 Å². The summed E-state index contributed by atoms with van der Waals surface area (Å²) in [5.74, 6) is 0.961. The van der Waals surface area contributed by atoms with Gasteiger partial charge in [0.2, 0.25) is 0 Å². The van der Waals surface area contributed by atoms with Crippen molar-refractivity contribution >= 4 is 5.82 Å². The average Bonchev–Trinajstić information content (AvgIpc) is 3.08. The summed E-state index contributed by atoms with van der Waals surface area (Å²) in [6.45, 7) is 2.96. The third-order valence-corrected chi connectivity index (χ3v) is 4.07. The van der Waals surface area contributed by atoms with Crippen molar-refractivity contribution in [2.45, 2.75) is 38.3 Å². The summed E-state index contributed by atoms with van der Waals surface area (Å²) in [6, 6.07) is 2.32. The Morgan fingerprint density at radius 1 is 1.43 bits per heavy atom. The lowest BCUT2D eigenvalue weighted by Crippen LogP contribution is -2.31. The Kier molecular flexibility index (Phi) is 3.88. The molecule has 2 atom stereocenters. The van der Waals surface area contributed by atoms with E-state index in [0.717, 1.165) is 36.5 Å². The van der Waals surface area contributed by atoms with E-state index in [1.54, 1.807) is 17.2 Å². The maximum absolute atomic E-state index is 10.4. The topological polar surface area (TPSA) is 67.1 Å². The normalized spacial score (nSPS) is 20.0. The van der Waals surface area contributed by atoms with E-state index in [1.165, 1.54) is 0 Å². The zero-order chi connectivity index (χ0) is 14.8. The zero-order valence-electron chi connectivity index (χ0n) is 12.5. The van der Waals surface area contributed by atoms with E-state index in [9.17, 15) is 5.11 Å². The van der Waals surface area contributed by atoms with Gasteiger partial charge < -0.3 is 10.0 Å². The number of aliphatic hydroxyl groups is 1. The first-order valence-corrected chi connectivity index (χ1v) is 7.35. The number of rotatable bonds is 4. The third kappa shape index (κ3) is 3.05. The van der Waals surface area contributed by atoms with Crippen molar-refractivity contribution in [3.8, 4) is 0 Å². The first-order chi connectivity index (χ1) is 10.1. The second-order valence-corrected chi connectivity index (χ2v) is 5.71. The maximum Gasteiger partial charge on any atom is 0.132 e. The lowest BCUT2D eigenvalue weighted by Gasteiger charge is -2.27. The van der Waals surface area contributed by atoms with Crippen LogP contribution in [-0.2, 0) is 7.05 Å². The molecule has 112 valence electrons. The molecule has 0 amide bonds. The Morgan fingerprint density at radius 2 is 2.29 bits per heavy atom. The quantitative estimate of drug-likeness (QED) is 0.925. The molecule has 0 aliphatic carbocycles. The van der Waals surface area contributed by atoms with Crippen LogP contribution in [0.5, 0.6) is 0 Å². The fourth-order valence-corrected chi connectivity index (χ4v) is 2.99. The fourth-order valence-electron chi connectivity index (χ4n) is 2.99. The highest BCUT2D eigenvalue weighted by Crippen LogP contribution is 2.30. The smallest absolute Gasteiger partial charge is 0.132 e. The molecule has 1 aliphatic rings. The van der Waals surface area contributed by atoms with Gasteiger partial charge in [0.05, 0.1) is 12.3 Å². The van der Waals surface area contributed by atoms with E-state index < -0.39 is 6.10 Å². The number of aryl methyl sites for hydroxylation is 2. The molecule has 1 fully saturated rings. The van der Waals surface area contributed by atoms with Gasteiger partial charge in [-0.25, -0.2) is 9.97 Å². The second-order valence-electron chi connectivity index (χ2n) is 5.71. The summed E-state index contributed by atoms with van der Waals surface area (Å²) in [5.41, 5.74) is 1.85. The SMILES string of the molecule is Cc1cc(N2CCCC2CC(O)c2cnn(C)c2)ncn1. The highest BCUT2D eigenvalue weighted by molar-refractivity contribution is 5.41. The fraction of sp³-hybridized carbons (Fsp3) is 0.533. The summed E-state index contributed by atoms with van der Waals surface area (Å²) in [4.78, 5) is 10.8. The maximum atomic E-state index is 10.4. The molecule has 21 heavy (non-hydrogen) atoms. The molecule has 0 bridgehead atoms. The van der Waals surface area contributed by atoms with Gasteiger partial charge in [-0.05, 0) is 26.2 Å². The molecule has 1 saturated heterocycles. The van der Waals surface area contributed by atoms with Gasteiger partial charge in [-0.15, -0.1) is 0 Å². The van der Waals surface area contributed by atoms with Crippen molar-refractivity contribution in [2.24, 2.45) is 7.05 Å². The molecule has 6 heteroatoms. The van der Waals surface area contributed by atoms with E-state index in [-0.39, 0.29) is 0 Å². The zero-order valence-corrected chi connectivity index (χ0v) is 12.5. The lowest BCUT2D eigenvalue weighted by atomic mass is 10.0. The number of nitrogens with zero attached hydrogens (tertiary/aromatic N) is 5. The predicted octanol–water partition coefficient (Wildman–Crippen LogP) is 1.61. The minimum absolute atomic E-state index is 0.314. The Morgan fingerprint density at radius 3 is 3.00 bits per heavy atom. The standard InChI is InChI=1S/C15H21N5O/c1-11-6-15(17-10-16-11)20-5-3-4-13(20)7-14(21)12-8-18-19(2)9-12/h6,8-10,13-14,21H,3-5,7H2,1-2H3. The molecule has 0 aromatic carbocycles. The second kappa shape index (κ2) is 5.81. The molecule has 3 heterocycles. The van der Waals surface area contributed by atoms with Gasteiger partial charge in [-0.2, -0.15) is 5.10 Å². The van der Waals surface area contributed by atoms with Crippen LogP contribution < -0.4 is 4.90 Å². The van der Waals surface area contributed by atoms with Crippen molar-refractivity contribution in [1.82, 2.24) is 19.7 Å². The summed E-state index contributed by atoms with van der Waals surface area (Å²) < 4.78 is 1.72. The van der Waals surface area contributed by atoms with Gasteiger partial charge in [0.1, 0.15) is 12.1 Å². The number of aromatic nitrogens is 4. The van der Waals surface area contributed by atoms with Crippen molar-refractivity contribution in [1.29, 1.82) is 0 Å². The number of anilines is 1. The minimum Gasteiger partial charge on any atom is -0.388 e. The van der Waals surface area contributed by atoms with Crippen LogP contribution in [0.15, 0.2) is 24.8 Å². The van der Waals surface area contributed by atoms with Crippen molar-refractivity contribution in [2.75, 3.05) is 11.4 Å². The molecule has 0 radical (unpaired) electrons. The van der Waals surface area contributed by atoms with Crippen molar-refractivity contribution in [3.05, 3.63) is 36.0 Å². The average molecular weight is 287 g/mol. The molecule has 1 aliphatic heterocycles. The van der Waals surface area contributed by atoms with Crippen LogP contribution in [0.25, 0.3) is 0 Å². The van der Waals surface area contributed by atoms with Crippen LogP contribution >= 0.6 is 0 Å². The van der Waals surface area contributed by atoms with E-state index >= 15 is 0 Å². The summed E-state index contributed by atoms with van der Waals surface area (Å²) in [7, 11) is 1.86. The van der Waals surface area contributed by atoms with Gasteiger partial charge in [0.25, 0.3) is 0 Å². The van der Waals surface area contributed by atoms with E-state index in [2.05, 4.69) is 20.0 Å². The molecule has 2 aromatic heterocycles. The van der Waals surface area contributed by atoms with Crippen LogP contribution in [0.4, 0.5) is 5.82 Å². The molecule has 0 spiro atoms. The largest absolute Gasteiger partial charge is 0.388 e. The Bertz CT molecular complexity index is 612. The van der Waals surface area contributed by atoms with Crippen molar-refractivity contribution < 1.29 is 5.11 Å². The minimum atomic E-state index is -0.479. The van der Waals surface area contributed by atoms with E-state index in [1.807, 2.05) is 26.2 Å². The highest BCUT2D eigenvalue weighted by atomic mass is 16.3. The first-order valence-electron chi connectivity index (χ1n) is 7.35. The molecule has 2 unspecified atom stereocenters. The molecule has 0 saturated carbocycles. The van der Waals surface area contributed by atoms with Gasteiger partial charge in [-0.3, -0.25) is 4.68 Å². The number of hydrogen-bond acceptors (Lipinski definition) is 5. The molecule has 1 N–H and O–H groups in total. The van der Waals surface area contributed by atoms with Crippen LogP contribution in [0.3, 0.4) is 0 Å². The van der Waals surface area contributed by atoms with E-state index in [4.69, 9.17) is 0 Å². The van der Waals surface area contributed by atoms with E-state index in [0.29, 0.717) is 12.5 Å². The summed E-state index contributed by atoms with van der Waals surface area (Å²) in [5, 5.41) is 14.5. The van der Waals surface area contributed by atoms with Gasteiger partial charge in [0.15, 0.2) is 0 Å². The van der Waals surface area contributed by atoms with Crippen LogP contribution in [-0.4, -0.2) is 37.4 Å². The summed E-state index contributed by atoms with van der Waals surface area (Å²) in [6.07, 6.45) is 7.66. The molecular formula is C15H21N5O. The molecule has 2 aromatic rings. The van der Waals surface area contributed by atoms with Crippen LogP contribution in [0.2, 0.25) is 0 Å². The van der Waals surface area contributed by atoms with Crippen molar-refractivity contribution in [3.63, 3.8) is 0 Å². The Labute approximate surface area is 124 Å². The highest BCUT2D eigenvalue weighted by Gasteiger charge is 2.28. The Hall–Kier alpha value is -1.95. The number of aliphatic hydroxyl groups excluding tert-OH is 1. The number of hydrogen-bond donors (Lipinski definition) is 1. The molecule has 3 rings (SSSR count). The lowest BCUT2D eigenvalue weighted by molar-refractivity contribution is 0.158.